The van der Waals surface area contributed by atoms with Crippen LogP contribution in [0.25, 0.3) is 0 Å². The van der Waals surface area contributed by atoms with E-state index in [0.29, 0.717) is 26.1 Å². The van der Waals surface area contributed by atoms with Crippen molar-refractivity contribution in [3.05, 3.63) is 35.9 Å². The topological polar surface area (TPSA) is 55.6 Å². The van der Waals surface area contributed by atoms with Crippen molar-refractivity contribution in [3.63, 3.8) is 0 Å². The van der Waals surface area contributed by atoms with Gasteiger partial charge in [0.2, 0.25) is 5.91 Å². The lowest BCUT2D eigenvalue weighted by Gasteiger charge is -2.24. The van der Waals surface area contributed by atoms with Gasteiger partial charge in [-0.25, -0.2) is 0 Å². The number of carbonyl (C=O) groups is 1. The Hall–Kier alpha value is -1.39. The van der Waals surface area contributed by atoms with E-state index in [1.807, 2.05) is 37.3 Å². The number of hydrogen-bond acceptors (Lipinski definition) is 3. The van der Waals surface area contributed by atoms with Crippen molar-refractivity contribution in [3.8, 4) is 0 Å². The van der Waals surface area contributed by atoms with Crippen LogP contribution in [0.15, 0.2) is 30.3 Å². The van der Waals surface area contributed by atoms with Gasteiger partial charge in [-0.1, -0.05) is 30.3 Å². The third-order valence-electron chi connectivity index (χ3n) is 3.09. The Kier molecular flexibility index (Phi) is 7.15. The highest BCUT2D eigenvalue weighted by Crippen LogP contribution is 2.07. The first-order valence-electron chi connectivity index (χ1n) is 6.76. The minimum absolute atomic E-state index is 0.0162. The molecule has 0 saturated carbocycles. The molecule has 1 aromatic rings. The van der Waals surface area contributed by atoms with Gasteiger partial charge >= 0.3 is 0 Å². The van der Waals surface area contributed by atoms with Crippen LogP contribution in [0.3, 0.4) is 0 Å². The van der Waals surface area contributed by atoms with Crippen molar-refractivity contribution in [2.75, 3.05) is 20.3 Å². The molecule has 106 valence electrons. The zero-order valence-electron chi connectivity index (χ0n) is 11.8. The number of likely N-dealkylation sites (N-methyl/N-ethyl adjacent to an activating group) is 1. The fourth-order valence-corrected chi connectivity index (χ4v) is 1.95. The lowest BCUT2D eigenvalue weighted by Crippen LogP contribution is -2.43. The number of amides is 1. The summed E-state index contributed by atoms with van der Waals surface area (Å²) in [5.74, 6) is 0.0162. The summed E-state index contributed by atoms with van der Waals surface area (Å²) in [4.78, 5) is 14.0. The Bertz CT molecular complexity index is 368. The number of carbonyl (C=O) groups excluding carboxylic acids is 1. The van der Waals surface area contributed by atoms with Gasteiger partial charge in [-0.05, 0) is 25.3 Å². The van der Waals surface area contributed by atoms with Gasteiger partial charge in [-0.2, -0.15) is 0 Å². The number of nitrogens with two attached hydrogens (primary N) is 1. The molecule has 1 unspecified atom stereocenters. The first-order chi connectivity index (χ1) is 9.19. The standard InChI is InChI=1S/C15H24N2O2/c1-3-17(12-13-8-5-4-6-9-13)15(18)14(16)10-7-11-19-2/h4-6,8-9,14H,3,7,10-12,16H2,1-2H3. The zero-order valence-corrected chi connectivity index (χ0v) is 11.8. The molecule has 1 rings (SSSR count). The molecule has 19 heavy (non-hydrogen) atoms. The lowest BCUT2D eigenvalue weighted by atomic mass is 10.1. The first-order valence-corrected chi connectivity index (χ1v) is 6.76. The molecule has 1 atom stereocenters. The van der Waals surface area contributed by atoms with E-state index in [1.54, 1.807) is 12.0 Å². The SMILES string of the molecule is CCN(Cc1ccccc1)C(=O)C(N)CCCOC. The predicted molar refractivity (Wildman–Crippen MR) is 76.6 cm³/mol. The normalized spacial score (nSPS) is 12.2. The maximum Gasteiger partial charge on any atom is 0.239 e. The first kappa shape index (κ1) is 15.7. The fraction of sp³-hybridized carbons (Fsp3) is 0.533. The van der Waals surface area contributed by atoms with E-state index in [9.17, 15) is 4.79 Å². The highest BCUT2D eigenvalue weighted by Gasteiger charge is 2.19. The summed E-state index contributed by atoms with van der Waals surface area (Å²) in [7, 11) is 1.65. The molecular formula is C15H24N2O2. The van der Waals surface area contributed by atoms with Gasteiger partial charge in [-0.15, -0.1) is 0 Å². The highest BCUT2D eigenvalue weighted by atomic mass is 16.5. The third-order valence-corrected chi connectivity index (χ3v) is 3.09. The maximum atomic E-state index is 12.2. The van der Waals surface area contributed by atoms with E-state index < -0.39 is 6.04 Å². The molecule has 0 heterocycles. The van der Waals surface area contributed by atoms with E-state index in [-0.39, 0.29) is 5.91 Å². The van der Waals surface area contributed by atoms with Crippen LogP contribution >= 0.6 is 0 Å². The van der Waals surface area contributed by atoms with Crippen molar-refractivity contribution in [1.29, 1.82) is 0 Å². The Morgan fingerprint density at radius 2 is 2.05 bits per heavy atom. The molecule has 0 fully saturated rings. The molecule has 0 radical (unpaired) electrons. The van der Waals surface area contributed by atoms with Gasteiger partial charge < -0.3 is 15.4 Å². The molecule has 0 aliphatic carbocycles. The van der Waals surface area contributed by atoms with Crippen LogP contribution < -0.4 is 5.73 Å². The number of rotatable bonds is 8. The molecule has 0 aliphatic rings. The average molecular weight is 264 g/mol. The molecule has 0 spiro atoms. The van der Waals surface area contributed by atoms with Gasteiger partial charge in [0.1, 0.15) is 0 Å². The van der Waals surface area contributed by atoms with Gasteiger partial charge in [-0.3, -0.25) is 4.79 Å². The monoisotopic (exact) mass is 264 g/mol. The van der Waals surface area contributed by atoms with Crippen LogP contribution in [-0.4, -0.2) is 37.1 Å². The van der Waals surface area contributed by atoms with E-state index in [0.717, 1.165) is 12.0 Å². The Labute approximate surface area is 115 Å². The number of methoxy groups -OCH3 is 1. The highest BCUT2D eigenvalue weighted by molar-refractivity contribution is 5.81. The second-order valence-corrected chi connectivity index (χ2v) is 4.58. The van der Waals surface area contributed by atoms with Crippen LogP contribution in [0.5, 0.6) is 0 Å². The smallest absolute Gasteiger partial charge is 0.239 e. The number of nitrogens with zero attached hydrogens (tertiary/aromatic N) is 1. The van der Waals surface area contributed by atoms with Crippen LogP contribution in [0.2, 0.25) is 0 Å². The Morgan fingerprint density at radius 3 is 2.63 bits per heavy atom. The molecule has 0 aromatic heterocycles. The fourth-order valence-electron chi connectivity index (χ4n) is 1.95. The van der Waals surface area contributed by atoms with E-state index >= 15 is 0 Å². The van der Waals surface area contributed by atoms with Gasteiger partial charge in [0.05, 0.1) is 6.04 Å². The zero-order chi connectivity index (χ0) is 14.1. The molecule has 0 aliphatic heterocycles. The van der Waals surface area contributed by atoms with E-state index in [4.69, 9.17) is 10.5 Å². The maximum absolute atomic E-state index is 12.2. The Balaban J connectivity index is 2.51. The molecular weight excluding hydrogens is 240 g/mol. The van der Waals surface area contributed by atoms with Gasteiger partial charge in [0.15, 0.2) is 0 Å². The second kappa shape index (κ2) is 8.67. The summed E-state index contributed by atoms with van der Waals surface area (Å²) in [5.41, 5.74) is 7.07. The lowest BCUT2D eigenvalue weighted by molar-refractivity contribution is -0.133. The van der Waals surface area contributed by atoms with Crippen LogP contribution in [-0.2, 0) is 16.1 Å². The van der Waals surface area contributed by atoms with Crippen LogP contribution in [0.4, 0.5) is 0 Å². The summed E-state index contributed by atoms with van der Waals surface area (Å²) < 4.78 is 4.97. The predicted octanol–water partition coefficient (Wildman–Crippen LogP) is 1.79. The van der Waals surface area contributed by atoms with Crippen molar-refractivity contribution in [1.82, 2.24) is 4.90 Å². The summed E-state index contributed by atoms with van der Waals surface area (Å²) in [5, 5.41) is 0. The van der Waals surface area contributed by atoms with E-state index in [1.165, 1.54) is 0 Å². The summed E-state index contributed by atoms with van der Waals surface area (Å²) >= 11 is 0. The number of ether oxygens (including phenoxy) is 1. The minimum atomic E-state index is -0.432. The summed E-state index contributed by atoms with van der Waals surface area (Å²) in [6.45, 7) is 3.91. The quantitative estimate of drug-likeness (QED) is 0.728. The summed E-state index contributed by atoms with van der Waals surface area (Å²) in [6, 6.07) is 9.54. The van der Waals surface area contributed by atoms with Gasteiger partial charge in [0, 0.05) is 26.8 Å². The molecule has 4 heteroatoms. The minimum Gasteiger partial charge on any atom is -0.385 e. The van der Waals surface area contributed by atoms with Gasteiger partial charge in [0.25, 0.3) is 0 Å². The Morgan fingerprint density at radius 1 is 1.37 bits per heavy atom. The largest absolute Gasteiger partial charge is 0.385 e. The van der Waals surface area contributed by atoms with Crippen LogP contribution in [0, 0.1) is 0 Å². The molecule has 0 saturated heterocycles. The van der Waals surface area contributed by atoms with Crippen molar-refractivity contribution in [2.24, 2.45) is 5.73 Å². The average Bonchev–Trinajstić information content (AvgIpc) is 2.45. The van der Waals surface area contributed by atoms with Crippen molar-refractivity contribution in [2.45, 2.75) is 32.4 Å². The molecule has 1 aromatic carbocycles. The molecule has 0 bridgehead atoms. The molecule has 4 nitrogen and oxygen atoms in total. The molecule has 2 N–H and O–H groups in total. The number of hydrogen-bond donors (Lipinski definition) is 1. The third kappa shape index (κ3) is 5.41. The van der Waals surface area contributed by atoms with Crippen molar-refractivity contribution >= 4 is 5.91 Å². The van der Waals surface area contributed by atoms with Crippen LogP contribution in [0.1, 0.15) is 25.3 Å². The van der Waals surface area contributed by atoms with E-state index in [2.05, 4.69) is 0 Å². The number of benzene rings is 1. The van der Waals surface area contributed by atoms with Crippen molar-refractivity contribution < 1.29 is 9.53 Å². The summed E-state index contributed by atoms with van der Waals surface area (Å²) in [6.07, 6.45) is 1.48. The second-order valence-electron chi connectivity index (χ2n) is 4.58. The molecule has 1 amide bonds.